The summed E-state index contributed by atoms with van der Waals surface area (Å²) in [5.74, 6) is 1.05. The first-order chi connectivity index (χ1) is 10.9. The molecule has 23 heavy (non-hydrogen) atoms. The van der Waals surface area contributed by atoms with E-state index in [1.165, 1.54) is 45.6 Å². The highest BCUT2D eigenvalue weighted by Crippen LogP contribution is 2.40. The predicted octanol–water partition coefficient (Wildman–Crippen LogP) is 2.10. The van der Waals surface area contributed by atoms with Gasteiger partial charge < -0.3 is 19.9 Å². The van der Waals surface area contributed by atoms with Crippen LogP contribution in [0.3, 0.4) is 0 Å². The van der Waals surface area contributed by atoms with Gasteiger partial charge >= 0.3 is 0 Å². The molecule has 124 valence electrons. The molecule has 2 aromatic rings. The summed E-state index contributed by atoms with van der Waals surface area (Å²) in [6, 6.07) is 9.20. The third-order valence-electron chi connectivity index (χ3n) is 3.13. The van der Waals surface area contributed by atoms with Crippen LogP contribution in [0.15, 0.2) is 41.3 Å². The lowest BCUT2D eigenvalue weighted by Gasteiger charge is -2.15. The lowest BCUT2D eigenvalue weighted by molar-refractivity contribution is 0.325. The molecule has 0 heterocycles. The molecule has 0 saturated heterocycles. The molecule has 8 heteroatoms. The van der Waals surface area contributed by atoms with Gasteiger partial charge in [0.05, 0.1) is 32.7 Å². The maximum absolute atomic E-state index is 12.5. The number of nitrogens with one attached hydrogen (secondary N) is 1. The van der Waals surface area contributed by atoms with Crippen molar-refractivity contribution in [3.63, 3.8) is 0 Å². The Kier molecular flexibility index (Phi) is 4.85. The van der Waals surface area contributed by atoms with Crippen LogP contribution in [0, 0.1) is 0 Å². The Labute approximate surface area is 135 Å². The summed E-state index contributed by atoms with van der Waals surface area (Å²) in [7, 11) is 0.525. The van der Waals surface area contributed by atoms with Crippen molar-refractivity contribution in [2.24, 2.45) is 0 Å². The zero-order valence-electron chi connectivity index (χ0n) is 13.0. The molecular weight excluding hydrogens is 320 g/mol. The van der Waals surface area contributed by atoms with Crippen LogP contribution in [0.4, 0.5) is 11.4 Å². The van der Waals surface area contributed by atoms with Gasteiger partial charge in [0.2, 0.25) is 5.75 Å². The van der Waals surface area contributed by atoms with Crippen LogP contribution in [0.2, 0.25) is 0 Å². The van der Waals surface area contributed by atoms with E-state index in [4.69, 9.17) is 19.9 Å². The number of hydrogen-bond donors (Lipinski definition) is 2. The number of rotatable bonds is 6. The lowest BCUT2D eigenvalue weighted by Crippen LogP contribution is -2.15. The van der Waals surface area contributed by atoms with Gasteiger partial charge in [-0.25, -0.2) is 8.42 Å². The molecule has 0 fully saturated rings. The molecule has 2 aromatic carbocycles. The summed E-state index contributed by atoms with van der Waals surface area (Å²) in [5.41, 5.74) is 6.16. The van der Waals surface area contributed by atoms with Crippen molar-refractivity contribution in [1.82, 2.24) is 0 Å². The van der Waals surface area contributed by atoms with Crippen molar-refractivity contribution < 1.29 is 22.6 Å². The standard InChI is InChI=1S/C15H18N2O5S/c1-20-12-8-10(9-13(21-2)15(12)22-3)17-23(18,19)14-7-5-4-6-11(14)16/h4-9,17H,16H2,1-3H3. The van der Waals surface area contributed by atoms with Gasteiger partial charge in [-0.1, -0.05) is 12.1 Å². The Morgan fingerprint density at radius 1 is 0.957 bits per heavy atom. The fourth-order valence-electron chi connectivity index (χ4n) is 2.08. The van der Waals surface area contributed by atoms with E-state index in [2.05, 4.69) is 4.72 Å². The van der Waals surface area contributed by atoms with Crippen molar-refractivity contribution >= 4 is 21.4 Å². The van der Waals surface area contributed by atoms with Gasteiger partial charge in [-0.3, -0.25) is 4.72 Å². The van der Waals surface area contributed by atoms with E-state index >= 15 is 0 Å². The van der Waals surface area contributed by atoms with Crippen LogP contribution in [0.25, 0.3) is 0 Å². The number of para-hydroxylation sites is 1. The number of methoxy groups -OCH3 is 3. The Morgan fingerprint density at radius 3 is 2.00 bits per heavy atom. The SMILES string of the molecule is COc1cc(NS(=O)(=O)c2ccccc2N)cc(OC)c1OC. The number of ether oxygens (including phenoxy) is 3. The summed E-state index contributed by atoms with van der Waals surface area (Å²) in [5, 5.41) is 0. The molecule has 0 radical (unpaired) electrons. The Balaban J connectivity index is 2.46. The first kappa shape index (κ1) is 16.8. The van der Waals surface area contributed by atoms with Crippen LogP contribution in [-0.4, -0.2) is 29.7 Å². The highest BCUT2D eigenvalue weighted by atomic mass is 32.2. The third kappa shape index (κ3) is 3.42. The zero-order valence-corrected chi connectivity index (χ0v) is 13.8. The summed E-state index contributed by atoms with van der Waals surface area (Å²) in [6.07, 6.45) is 0. The largest absolute Gasteiger partial charge is 0.493 e. The second-order valence-corrected chi connectivity index (χ2v) is 6.21. The Hall–Kier alpha value is -2.61. The Bertz CT molecular complexity index is 780. The zero-order chi connectivity index (χ0) is 17.0. The van der Waals surface area contributed by atoms with Crippen molar-refractivity contribution in [3.8, 4) is 17.2 Å². The molecule has 0 aliphatic heterocycles. The van der Waals surface area contributed by atoms with Crippen molar-refractivity contribution in [2.75, 3.05) is 31.8 Å². The summed E-state index contributed by atoms with van der Waals surface area (Å²) < 4.78 is 43.0. The predicted molar refractivity (Wildman–Crippen MR) is 87.8 cm³/mol. The van der Waals surface area contributed by atoms with Crippen LogP contribution < -0.4 is 24.7 Å². The maximum atomic E-state index is 12.5. The van der Waals surface area contributed by atoms with Gasteiger partial charge in [-0.2, -0.15) is 0 Å². The van der Waals surface area contributed by atoms with Crippen molar-refractivity contribution in [3.05, 3.63) is 36.4 Å². The van der Waals surface area contributed by atoms with Gasteiger partial charge in [0.15, 0.2) is 11.5 Å². The maximum Gasteiger partial charge on any atom is 0.263 e. The normalized spacial score (nSPS) is 10.9. The van der Waals surface area contributed by atoms with Crippen LogP contribution in [-0.2, 0) is 10.0 Å². The molecule has 2 rings (SSSR count). The molecule has 0 aliphatic carbocycles. The summed E-state index contributed by atoms with van der Waals surface area (Å²) in [4.78, 5) is -0.00579. The molecule has 0 spiro atoms. The van der Waals surface area contributed by atoms with E-state index in [-0.39, 0.29) is 16.3 Å². The second kappa shape index (κ2) is 6.66. The molecular formula is C15H18N2O5S. The average Bonchev–Trinajstić information content (AvgIpc) is 2.53. The lowest BCUT2D eigenvalue weighted by atomic mass is 10.2. The van der Waals surface area contributed by atoms with Crippen LogP contribution >= 0.6 is 0 Å². The molecule has 3 N–H and O–H groups in total. The minimum Gasteiger partial charge on any atom is -0.493 e. The molecule has 0 amide bonds. The summed E-state index contributed by atoms with van der Waals surface area (Å²) in [6.45, 7) is 0. The van der Waals surface area contributed by atoms with Gasteiger partial charge in [-0.15, -0.1) is 0 Å². The number of anilines is 2. The third-order valence-corrected chi connectivity index (χ3v) is 4.58. The number of nitrogens with two attached hydrogens (primary N) is 1. The van der Waals surface area contributed by atoms with Gasteiger partial charge in [0, 0.05) is 12.1 Å². The molecule has 0 saturated carbocycles. The first-order valence-electron chi connectivity index (χ1n) is 6.60. The highest BCUT2D eigenvalue weighted by Gasteiger charge is 2.20. The van der Waals surface area contributed by atoms with Crippen LogP contribution in [0.5, 0.6) is 17.2 Å². The number of benzene rings is 2. The second-order valence-electron chi connectivity index (χ2n) is 4.56. The quantitative estimate of drug-likeness (QED) is 0.782. The fourth-order valence-corrected chi connectivity index (χ4v) is 3.25. The first-order valence-corrected chi connectivity index (χ1v) is 8.08. The minimum atomic E-state index is -3.84. The van der Waals surface area contributed by atoms with Crippen molar-refractivity contribution in [2.45, 2.75) is 4.90 Å². The molecule has 0 unspecified atom stereocenters. The fraction of sp³-hybridized carbons (Fsp3) is 0.200. The van der Waals surface area contributed by atoms with E-state index in [9.17, 15) is 8.42 Å². The Morgan fingerprint density at radius 2 is 1.52 bits per heavy atom. The van der Waals surface area contributed by atoms with Gasteiger partial charge in [0.1, 0.15) is 4.90 Å². The topological polar surface area (TPSA) is 99.9 Å². The van der Waals surface area contributed by atoms with E-state index < -0.39 is 10.0 Å². The number of hydrogen-bond acceptors (Lipinski definition) is 6. The van der Waals surface area contributed by atoms with E-state index in [1.807, 2.05) is 0 Å². The molecule has 0 atom stereocenters. The average molecular weight is 338 g/mol. The molecule has 0 aromatic heterocycles. The smallest absolute Gasteiger partial charge is 0.263 e. The monoisotopic (exact) mass is 338 g/mol. The minimum absolute atomic E-state index is 0.00579. The number of nitrogen functional groups attached to an aromatic ring is 1. The molecule has 0 aliphatic rings. The molecule has 0 bridgehead atoms. The summed E-state index contributed by atoms with van der Waals surface area (Å²) >= 11 is 0. The van der Waals surface area contributed by atoms with E-state index in [0.717, 1.165) is 0 Å². The molecule has 7 nitrogen and oxygen atoms in total. The number of sulfonamides is 1. The van der Waals surface area contributed by atoms with Crippen molar-refractivity contribution in [1.29, 1.82) is 0 Å². The van der Waals surface area contributed by atoms with E-state index in [1.54, 1.807) is 12.1 Å². The van der Waals surface area contributed by atoms with Gasteiger partial charge in [0.25, 0.3) is 10.0 Å². The highest BCUT2D eigenvalue weighted by molar-refractivity contribution is 7.92. The van der Waals surface area contributed by atoms with Gasteiger partial charge in [-0.05, 0) is 12.1 Å². The van der Waals surface area contributed by atoms with Crippen LogP contribution in [0.1, 0.15) is 0 Å². The van der Waals surface area contributed by atoms with E-state index in [0.29, 0.717) is 17.2 Å².